The Morgan fingerprint density at radius 1 is 1.37 bits per heavy atom. The molecule has 0 bridgehead atoms. The first-order chi connectivity index (χ1) is 9.00. The van der Waals surface area contributed by atoms with Crippen LogP contribution in [0.3, 0.4) is 0 Å². The lowest BCUT2D eigenvalue weighted by Crippen LogP contribution is -2.39. The van der Waals surface area contributed by atoms with Crippen molar-refractivity contribution >= 4 is 5.69 Å². The number of benzene rings is 1. The molecule has 1 saturated heterocycles. The summed E-state index contributed by atoms with van der Waals surface area (Å²) < 4.78 is 14.2. The minimum Gasteiger partial charge on any atom is -0.389 e. The van der Waals surface area contributed by atoms with Crippen LogP contribution in [0.25, 0.3) is 0 Å². The number of rotatable bonds is 2. The molecule has 0 aliphatic carbocycles. The van der Waals surface area contributed by atoms with Gasteiger partial charge in [0.15, 0.2) is 0 Å². The van der Waals surface area contributed by atoms with Gasteiger partial charge in [0.1, 0.15) is 5.82 Å². The predicted molar refractivity (Wildman–Crippen MR) is 76.0 cm³/mol. The second-order valence-electron chi connectivity index (χ2n) is 5.51. The number of para-hydroxylation sites is 1. The highest BCUT2D eigenvalue weighted by Crippen LogP contribution is 2.31. The van der Waals surface area contributed by atoms with Gasteiger partial charge in [-0.25, -0.2) is 4.39 Å². The van der Waals surface area contributed by atoms with Gasteiger partial charge in [-0.15, -0.1) is 0 Å². The van der Waals surface area contributed by atoms with Gasteiger partial charge in [-0.3, -0.25) is 0 Å². The van der Waals surface area contributed by atoms with Crippen LogP contribution >= 0.6 is 0 Å². The van der Waals surface area contributed by atoms with Crippen molar-refractivity contribution in [1.82, 2.24) is 4.90 Å². The lowest BCUT2D eigenvalue weighted by Gasteiger charge is -2.32. The molecule has 1 fully saturated rings. The van der Waals surface area contributed by atoms with Crippen LogP contribution in [0.15, 0.2) is 18.2 Å². The van der Waals surface area contributed by atoms with Crippen LogP contribution in [0, 0.1) is 5.82 Å². The van der Waals surface area contributed by atoms with Crippen LogP contribution in [-0.2, 0) is 0 Å². The summed E-state index contributed by atoms with van der Waals surface area (Å²) in [5.74, 6) is -0.241. The smallest absolute Gasteiger partial charge is 0.146 e. The third kappa shape index (κ3) is 3.07. The molecule has 0 aromatic heterocycles. The van der Waals surface area contributed by atoms with Crippen molar-refractivity contribution < 1.29 is 9.50 Å². The summed E-state index contributed by atoms with van der Waals surface area (Å²) in [5, 5.41) is 9.86. The minimum atomic E-state index is -0.654. The Bertz CT molecular complexity index is 436. The second kappa shape index (κ2) is 5.88. The first-order valence-corrected chi connectivity index (χ1v) is 6.92. The fraction of sp³-hybridized carbons (Fsp3) is 0.600. The summed E-state index contributed by atoms with van der Waals surface area (Å²) in [5.41, 5.74) is 1.25. The molecule has 1 aromatic carbocycles. The van der Waals surface area contributed by atoms with Crippen LogP contribution in [0.4, 0.5) is 10.1 Å². The van der Waals surface area contributed by atoms with Crippen LogP contribution in [0.1, 0.15) is 31.9 Å². The number of anilines is 1. The van der Waals surface area contributed by atoms with E-state index in [1.54, 1.807) is 13.0 Å². The quantitative estimate of drug-likeness (QED) is 0.890. The van der Waals surface area contributed by atoms with E-state index in [0.717, 1.165) is 26.1 Å². The zero-order valence-electron chi connectivity index (χ0n) is 11.9. The number of aliphatic hydroxyl groups is 1. The molecule has 0 radical (unpaired) electrons. The van der Waals surface area contributed by atoms with Crippen molar-refractivity contribution in [2.75, 3.05) is 31.6 Å². The molecule has 1 aliphatic heterocycles. The molecule has 0 saturated carbocycles. The molecular weight excluding hydrogens is 243 g/mol. The number of hydrogen-bond donors (Lipinski definition) is 1. The standard InChI is InChI=1S/C15H23FN2O/c1-11-10-17(3)8-5-9-18(11)15-13(12(2)19)6-4-7-14(15)16/h4,6-7,11-12,19H,5,8-10H2,1-3H3/t11?,12-/m0/s1. The van der Waals surface area contributed by atoms with Gasteiger partial charge in [0, 0.05) is 24.7 Å². The number of hydrogen-bond acceptors (Lipinski definition) is 3. The highest BCUT2D eigenvalue weighted by atomic mass is 19.1. The van der Waals surface area contributed by atoms with Crippen molar-refractivity contribution in [2.24, 2.45) is 0 Å². The van der Waals surface area contributed by atoms with E-state index in [1.807, 2.05) is 6.07 Å². The van der Waals surface area contributed by atoms with Gasteiger partial charge < -0.3 is 14.9 Å². The number of nitrogens with zero attached hydrogens (tertiary/aromatic N) is 2. The summed E-state index contributed by atoms with van der Waals surface area (Å²) in [4.78, 5) is 4.37. The lowest BCUT2D eigenvalue weighted by molar-refractivity contribution is 0.199. The van der Waals surface area contributed by atoms with Crippen molar-refractivity contribution in [1.29, 1.82) is 0 Å². The zero-order valence-corrected chi connectivity index (χ0v) is 11.9. The van der Waals surface area contributed by atoms with Crippen LogP contribution < -0.4 is 4.90 Å². The molecular formula is C15H23FN2O. The Labute approximate surface area is 114 Å². The minimum absolute atomic E-state index is 0.238. The maximum atomic E-state index is 14.2. The molecule has 1 unspecified atom stereocenters. The third-order valence-electron chi connectivity index (χ3n) is 3.80. The molecule has 19 heavy (non-hydrogen) atoms. The number of likely N-dealkylation sites (N-methyl/N-ethyl adjacent to an activating group) is 1. The van der Waals surface area contributed by atoms with E-state index in [4.69, 9.17) is 0 Å². The molecule has 2 atom stereocenters. The molecule has 0 amide bonds. The van der Waals surface area contributed by atoms with Gasteiger partial charge in [0.25, 0.3) is 0 Å². The number of aliphatic hydroxyl groups excluding tert-OH is 1. The van der Waals surface area contributed by atoms with Crippen LogP contribution in [0.5, 0.6) is 0 Å². The van der Waals surface area contributed by atoms with Crippen molar-refractivity contribution in [3.8, 4) is 0 Å². The average Bonchev–Trinajstić information content (AvgIpc) is 2.50. The second-order valence-corrected chi connectivity index (χ2v) is 5.51. The van der Waals surface area contributed by atoms with Gasteiger partial charge >= 0.3 is 0 Å². The molecule has 3 nitrogen and oxygen atoms in total. The van der Waals surface area contributed by atoms with E-state index in [0.29, 0.717) is 11.3 Å². The first-order valence-electron chi connectivity index (χ1n) is 6.92. The van der Waals surface area contributed by atoms with Crippen LogP contribution in [-0.4, -0.2) is 42.7 Å². The molecule has 1 heterocycles. The molecule has 106 valence electrons. The Balaban J connectivity index is 2.39. The average molecular weight is 266 g/mol. The van der Waals surface area contributed by atoms with E-state index < -0.39 is 6.10 Å². The topological polar surface area (TPSA) is 26.7 Å². The third-order valence-corrected chi connectivity index (χ3v) is 3.80. The van der Waals surface area contributed by atoms with E-state index in [9.17, 15) is 9.50 Å². The summed E-state index contributed by atoms with van der Waals surface area (Å²) >= 11 is 0. The lowest BCUT2D eigenvalue weighted by atomic mass is 10.1. The highest BCUT2D eigenvalue weighted by molar-refractivity contribution is 5.56. The fourth-order valence-electron chi connectivity index (χ4n) is 2.88. The predicted octanol–water partition coefficient (Wildman–Crippen LogP) is 2.41. The monoisotopic (exact) mass is 266 g/mol. The molecule has 4 heteroatoms. The molecule has 1 N–H and O–H groups in total. The van der Waals surface area contributed by atoms with Gasteiger partial charge in [0.05, 0.1) is 11.8 Å². The SMILES string of the molecule is CC1CN(C)CCCN1c1c(F)cccc1[C@H](C)O. The first kappa shape index (κ1) is 14.3. The summed E-state index contributed by atoms with van der Waals surface area (Å²) in [6.07, 6.45) is 0.355. The largest absolute Gasteiger partial charge is 0.389 e. The van der Waals surface area contributed by atoms with Gasteiger partial charge in [-0.2, -0.15) is 0 Å². The van der Waals surface area contributed by atoms with Gasteiger partial charge in [0.2, 0.25) is 0 Å². The van der Waals surface area contributed by atoms with Crippen molar-refractivity contribution in [2.45, 2.75) is 32.4 Å². The Morgan fingerprint density at radius 3 is 2.79 bits per heavy atom. The van der Waals surface area contributed by atoms with E-state index in [-0.39, 0.29) is 11.9 Å². The zero-order chi connectivity index (χ0) is 14.0. The fourth-order valence-corrected chi connectivity index (χ4v) is 2.88. The Hall–Kier alpha value is -1.13. The van der Waals surface area contributed by atoms with Gasteiger partial charge in [-0.1, -0.05) is 12.1 Å². The van der Waals surface area contributed by atoms with E-state index in [2.05, 4.69) is 23.8 Å². The molecule has 1 aromatic rings. The van der Waals surface area contributed by atoms with Crippen molar-refractivity contribution in [3.05, 3.63) is 29.6 Å². The Morgan fingerprint density at radius 2 is 2.11 bits per heavy atom. The summed E-state index contributed by atoms with van der Waals surface area (Å²) in [6.45, 7) is 6.56. The normalized spacial score (nSPS) is 23.2. The Kier molecular flexibility index (Phi) is 4.42. The maximum absolute atomic E-state index is 14.2. The summed E-state index contributed by atoms with van der Waals surface area (Å²) in [6, 6.07) is 5.18. The van der Waals surface area contributed by atoms with Crippen molar-refractivity contribution in [3.63, 3.8) is 0 Å². The maximum Gasteiger partial charge on any atom is 0.146 e. The van der Waals surface area contributed by atoms with Crippen LogP contribution in [0.2, 0.25) is 0 Å². The number of halogens is 1. The molecule has 0 spiro atoms. The van der Waals surface area contributed by atoms with E-state index >= 15 is 0 Å². The molecule has 2 rings (SSSR count). The summed E-state index contributed by atoms with van der Waals surface area (Å²) in [7, 11) is 2.09. The highest BCUT2D eigenvalue weighted by Gasteiger charge is 2.25. The van der Waals surface area contributed by atoms with Gasteiger partial charge in [-0.05, 0) is 39.9 Å². The molecule has 1 aliphatic rings. The van der Waals surface area contributed by atoms with E-state index in [1.165, 1.54) is 6.07 Å².